The average molecular weight is 413 g/mol. The summed E-state index contributed by atoms with van der Waals surface area (Å²) >= 11 is 0. The Hall–Kier alpha value is -3.13. The summed E-state index contributed by atoms with van der Waals surface area (Å²) < 4.78 is 11.4. The molecule has 4 heteroatoms. The molecule has 0 saturated carbocycles. The first-order chi connectivity index (χ1) is 15.2. The highest BCUT2D eigenvalue weighted by Gasteiger charge is 2.20. The van der Waals surface area contributed by atoms with Gasteiger partial charge in [0.05, 0.1) is 18.2 Å². The summed E-state index contributed by atoms with van der Waals surface area (Å²) in [4.78, 5) is 2.44. The zero-order valence-electron chi connectivity index (χ0n) is 18.0. The highest BCUT2D eigenvalue weighted by molar-refractivity contribution is 5.64. The summed E-state index contributed by atoms with van der Waals surface area (Å²) in [5.41, 5.74) is 5.48. The molecule has 0 aromatic heterocycles. The van der Waals surface area contributed by atoms with Crippen molar-refractivity contribution in [2.24, 2.45) is 0 Å². The van der Waals surface area contributed by atoms with E-state index in [-0.39, 0.29) is 6.10 Å². The lowest BCUT2D eigenvalue weighted by molar-refractivity contribution is 0.0968. The van der Waals surface area contributed by atoms with Crippen LogP contribution in [-0.4, -0.2) is 31.2 Å². The molecule has 158 valence electrons. The van der Waals surface area contributed by atoms with Gasteiger partial charge in [-0.15, -0.1) is 0 Å². The van der Waals surface area contributed by atoms with Crippen LogP contribution in [-0.2, 0) is 17.9 Å². The first-order valence-corrected chi connectivity index (χ1v) is 10.8. The average Bonchev–Trinajstić information content (AvgIpc) is 2.82. The van der Waals surface area contributed by atoms with Gasteiger partial charge < -0.3 is 9.47 Å². The number of likely N-dealkylation sites (tertiary alicyclic amines) is 1. The zero-order chi connectivity index (χ0) is 21.5. The van der Waals surface area contributed by atoms with Crippen LogP contribution in [0.25, 0.3) is 11.1 Å². The standard InChI is InChI=1S/C27H28N2O2/c1-30-20-21-5-7-24(8-6-21)25-9-11-26(12-10-25)31-27-13-15-29(16-14-27)19-23-4-2-3-22(17-23)18-28/h2-12,17,27H,13-16,19-20H2,1H3. The van der Waals surface area contributed by atoms with Crippen molar-refractivity contribution in [2.45, 2.75) is 32.1 Å². The molecule has 1 heterocycles. The van der Waals surface area contributed by atoms with E-state index in [2.05, 4.69) is 65.6 Å². The molecular formula is C27H28N2O2. The third-order valence-corrected chi connectivity index (χ3v) is 5.75. The van der Waals surface area contributed by atoms with Gasteiger partial charge in [0, 0.05) is 26.7 Å². The quantitative estimate of drug-likeness (QED) is 0.520. The second kappa shape index (κ2) is 10.3. The highest BCUT2D eigenvalue weighted by Crippen LogP contribution is 2.25. The molecule has 3 aromatic carbocycles. The predicted molar refractivity (Wildman–Crippen MR) is 123 cm³/mol. The number of nitrogens with zero attached hydrogens (tertiary/aromatic N) is 2. The van der Waals surface area contributed by atoms with Gasteiger partial charge in [0.15, 0.2) is 0 Å². The maximum absolute atomic E-state index is 9.07. The maximum atomic E-state index is 9.07. The van der Waals surface area contributed by atoms with Crippen molar-refractivity contribution in [2.75, 3.05) is 20.2 Å². The molecule has 0 radical (unpaired) electrons. The normalized spacial score (nSPS) is 14.8. The van der Waals surface area contributed by atoms with Gasteiger partial charge in [-0.3, -0.25) is 4.90 Å². The van der Waals surface area contributed by atoms with Crippen molar-refractivity contribution in [1.82, 2.24) is 4.90 Å². The lowest BCUT2D eigenvalue weighted by Gasteiger charge is -2.32. The van der Waals surface area contributed by atoms with E-state index in [4.69, 9.17) is 14.7 Å². The Morgan fingerprint density at radius 2 is 1.58 bits per heavy atom. The first kappa shape index (κ1) is 21.1. The van der Waals surface area contributed by atoms with Crippen LogP contribution in [0.4, 0.5) is 0 Å². The molecule has 4 nitrogen and oxygen atoms in total. The highest BCUT2D eigenvalue weighted by atomic mass is 16.5. The molecule has 3 aromatic rings. The van der Waals surface area contributed by atoms with Crippen LogP contribution in [0.5, 0.6) is 5.75 Å². The Morgan fingerprint density at radius 1 is 0.903 bits per heavy atom. The summed E-state index contributed by atoms with van der Waals surface area (Å²) in [5.74, 6) is 0.930. The van der Waals surface area contributed by atoms with Gasteiger partial charge in [0.2, 0.25) is 0 Å². The van der Waals surface area contributed by atoms with Crippen molar-refractivity contribution < 1.29 is 9.47 Å². The van der Waals surface area contributed by atoms with Crippen LogP contribution in [0.1, 0.15) is 29.5 Å². The Labute approximate surface area is 184 Å². The van der Waals surface area contributed by atoms with E-state index < -0.39 is 0 Å². The Morgan fingerprint density at radius 3 is 2.23 bits per heavy atom. The fraction of sp³-hybridized carbons (Fsp3) is 0.296. The molecule has 1 saturated heterocycles. The topological polar surface area (TPSA) is 45.5 Å². The molecule has 0 atom stereocenters. The van der Waals surface area contributed by atoms with Crippen molar-refractivity contribution in [3.05, 3.63) is 89.5 Å². The van der Waals surface area contributed by atoms with E-state index in [1.165, 1.54) is 22.3 Å². The van der Waals surface area contributed by atoms with Crippen LogP contribution in [0.2, 0.25) is 0 Å². The lowest BCUT2D eigenvalue weighted by Crippen LogP contribution is -2.37. The molecule has 0 N–H and O–H groups in total. The first-order valence-electron chi connectivity index (χ1n) is 10.8. The van der Waals surface area contributed by atoms with Crippen LogP contribution >= 0.6 is 0 Å². The van der Waals surface area contributed by atoms with Crippen molar-refractivity contribution >= 4 is 0 Å². The van der Waals surface area contributed by atoms with E-state index in [1.807, 2.05) is 18.2 Å². The predicted octanol–water partition coefficient (Wildman–Crippen LogP) is 5.42. The smallest absolute Gasteiger partial charge is 0.119 e. The van der Waals surface area contributed by atoms with Crippen LogP contribution in [0.3, 0.4) is 0 Å². The van der Waals surface area contributed by atoms with E-state index >= 15 is 0 Å². The van der Waals surface area contributed by atoms with E-state index in [0.717, 1.165) is 43.8 Å². The SMILES string of the molecule is COCc1ccc(-c2ccc(OC3CCN(Cc4cccc(C#N)c4)CC3)cc2)cc1. The van der Waals surface area contributed by atoms with Gasteiger partial charge in [0.25, 0.3) is 0 Å². The summed E-state index contributed by atoms with van der Waals surface area (Å²) in [6, 6.07) is 27.0. The van der Waals surface area contributed by atoms with E-state index in [0.29, 0.717) is 6.61 Å². The number of methoxy groups -OCH3 is 1. The molecule has 1 aliphatic heterocycles. The summed E-state index contributed by atoms with van der Waals surface area (Å²) in [6.45, 7) is 3.54. The monoisotopic (exact) mass is 412 g/mol. The zero-order valence-corrected chi connectivity index (χ0v) is 18.0. The minimum atomic E-state index is 0.251. The van der Waals surface area contributed by atoms with Gasteiger partial charge in [-0.25, -0.2) is 0 Å². The second-order valence-corrected chi connectivity index (χ2v) is 8.06. The number of hydrogen-bond donors (Lipinski definition) is 0. The van der Waals surface area contributed by atoms with Crippen molar-refractivity contribution in [3.8, 4) is 22.9 Å². The Kier molecular flexibility index (Phi) is 6.99. The summed E-state index contributed by atoms with van der Waals surface area (Å²) in [6.07, 6.45) is 2.28. The molecular weight excluding hydrogens is 384 g/mol. The van der Waals surface area contributed by atoms with Crippen molar-refractivity contribution in [1.29, 1.82) is 5.26 Å². The minimum absolute atomic E-state index is 0.251. The van der Waals surface area contributed by atoms with Gasteiger partial charge in [-0.1, -0.05) is 48.5 Å². The molecule has 0 amide bonds. The lowest BCUT2D eigenvalue weighted by atomic mass is 10.0. The number of piperidine rings is 1. The second-order valence-electron chi connectivity index (χ2n) is 8.06. The number of hydrogen-bond acceptors (Lipinski definition) is 4. The van der Waals surface area contributed by atoms with Gasteiger partial charge in [-0.05, 0) is 59.4 Å². The number of rotatable bonds is 7. The molecule has 1 aliphatic rings. The van der Waals surface area contributed by atoms with E-state index in [9.17, 15) is 0 Å². The van der Waals surface area contributed by atoms with Crippen molar-refractivity contribution in [3.63, 3.8) is 0 Å². The molecule has 0 bridgehead atoms. The van der Waals surface area contributed by atoms with Crippen LogP contribution in [0, 0.1) is 11.3 Å². The molecule has 31 heavy (non-hydrogen) atoms. The molecule has 0 aliphatic carbocycles. The molecule has 4 rings (SSSR count). The Balaban J connectivity index is 1.28. The summed E-state index contributed by atoms with van der Waals surface area (Å²) in [7, 11) is 1.71. The van der Waals surface area contributed by atoms with Gasteiger partial charge in [-0.2, -0.15) is 5.26 Å². The Bertz CT molecular complexity index is 1010. The fourth-order valence-corrected chi connectivity index (χ4v) is 4.06. The molecule has 0 spiro atoms. The van der Waals surface area contributed by atoms with Crippen LogP contribution < -0.4 is 4.74 Å². The maximum Gasteiger partial charge on any atom is 0.119 e. The van der Waals surface area contributed by atoms with Gasteiger partial charge >= 0.3 is 0 Å². The number of benzene rings is 3. The number of ether oxygens (including phenoxy) is 2. The minimum Gasteiger partial charge on any atom is -0.490 e. The third kappa shape index (κ3) is 5.73. The van der Waals surface area contributed by atoms with E-state index in [1.54, 1.807) is 7.11 Å². The number of nitriles is 1. The fourth-order valence-electron chi connectivity index (χ4n) is 4.06. The summed E-state index contributed by atoms with van der Waals surface area (Å²) in [5, 5.41) is 9.07. The third-order valence-electron chi connectivity index (χ3n) is 5.75. The molecule has 0 unspecified atom stereocenters. The largest absolute Gasteiger partial charge is 0.490 e. The van der Waals surface area contributed by atoms with Crippen LogP contribution in [0.15, 0.2) is 72.8 Å². The van der Waals surface area contributed by atoms with Gasteiger partial charge in [0.1, 0.15) is 11.9 Å². The molecule has 1 fully saturated rings.